The minimum atomic E-state index is -3.58. The number of hydrogen-bond donors (Lipinski definition) is 0. The fourth-order valence-electron chi connectivity index (χ4n) is 0.634. The van der Waals surface area contributed by atoms with E-state index in [2.05, 4.69) is 8.92 Å². The molecule has 0 aliphatic heterocycles. The molecule has 0 heterocycles. The highest BCUT2D eigenvalue weighted by Crippen LogP contribution is 1.96. The molecule has 0 aliphatic carbocycles. The minimum absolute atomic E-state index is 0.0635. The van der Waals surface area contributed by atoms with Gasteiger partial charge >= 0.3 is 5.97 Å². The average Bonchev–Trinajstić information content (AvgIpc) is 2.09. The van der Waals surface area contributed by atoms with Crippen LogP contribution in [0.4, 0.5) is 0 Å². The van der Waals surface area contributed by atoms with Crippen LogP contribution in [0.15, 0.2) is 0 Å². The predicted molar refractivity (Wildman–Crippen MR) is 49.8 cm³/mol. The lowest BCUT2D eigenvalue weighted by molar-refractivity contribution is -0.140. The number of esters is 1. The summed E-state index contributed by atoms with van der Waals surface area (Å²) < 4.78 is 30.9. The van der Waals surface area contributed by atoms with Gasteiger partial charge in [0, 0.05) is 6.92 Å². The summed E-state index contributed by atoms with van der Waals surface area (Å²) in [5.74, 6) is 1.40. The van der Waals surface area contributed by atoms with Crippen LogP contribution < -0.4 is 0 Å². The first-order valence-electron chi connectivity index (χ1n) is 3.92. The van der Waals surface area contributed by atoms with E-state index in [-0.39, 0.29) is 25.4 Å². The summed E-state index contributed by atoms with van der Waals surface area (Å²) in [7, 11) is -3.58. The van der Waals surface area contributed by atoms with Crippen LogP contribution in [0.3, 0.4) is 0 Å². The largest absolute Gasteiger partial charge is 0.466 e. The molecule has 0 fully saturated rings. The fourth-order valence-corrected chi connectivity index (χ4v) is 1.47. The van der Waals surface area contributed by atoms with Gasteiger partial charge in [-0.15, -0.1) is 6.42 Å². The molecule has 0 spiro atoms. The van der Waals surface area contributed by atoms with Gasteiger partial charge in [0.25, 0.3) is 10.1 Å². The van der Waals surface area contributed by atoms with Crippen LogP contribution in [-0.2, 0) is 23.8 Å². The normalized spacial score (nSPS) is 10.6. The summed E-state index contributed by atoms with van der Waals surface area (Å²) in [6.45, 7) is 1.05. The van der Waals surface area contributed by atoms with E-state index in [9.17, 15) is 13.2 Å². The fraction of sp³-hybridized carbons (Fsp3) is 0.625. The molecule has 0 atom stereocenters. The number of hydrogen-bond acceptors (Lipinski definition) is 5. The number of carbonyl (C=O) groups is 1. The Labute approximate surface area is 83.5 Å². The molecule has 80 valence electrons. The molecule has 0 saturated heterocycles. The van der Waals surface area contributed by atoms with Gasteiger partial charge in [-0.1, -0.05) is 5.92 Å². The lowest BCUT2D eigenvalue weighted by Gasteiger charge is -2.02. The Morgan fingerprint density at radius 2 is 2.14 bits per heavy atom. The third kappa shape index (κ3) is 7.58. The quantitative estimate of drug-likeness (QED) is 0.271. The molecular weight excluding hydrogens is 208 g/mol. The smallest absolute Gasteiger partial charge is 0.302 e. The zero-order valence-electron chi connectivity index (χ0n) is 7.86. The molecular formula is C8H12O5S. The summed E-state index contributed by atoms with van der Waals surface area (Å²) in [6, 6.07) is 0. The van der Waals surface area contributed by atoms with Crippen molar-refractivity contribution >= 4 is 16.1 Å². The Morgan fingerprint density at radius 3 is 2.64 bits per heavy atom. The number of terminal acetylenes is 1. The van der Waals surface area contributed by atoms with E-state index < -0.39 is 16.1 Å². The Kier molecular flexibility index (Phi) is 5.92. The molecule has 0 bridgehead atoms. The van der Waals surface area contributed by atoms with Gasteiger partial charge in [0.15, 0.2) is 0 Å². The van der Waals surface area contributed by atoms with Crippen LogP contribution in [0.1, 0.15) is 13.3 Å². The number of carbonyl (C=O) groups excluding carboxylic acids is 1. The molecule has 0 aliphatic rings. The van der Waals surface area contributed by atoms with E-state index in [0.717, 1.165) is 0 Å². The molecule has 6 heteroatoms. The first kappa shape index (κ1) is 12.9. The van der Waals surface area contributed by atoms with Gasteiger partial charge in [0.1, 0.15) is 6.61 Å². The van der Waals surface area contributed by atoms with Gasteiger partial charge in [-0.2, -0.15) is 8.42 Å². The van der Waals surface area contributed by atoms with Crippen molar-refractivity contribution < 1.29 is 22.1 Å². The van der Waals surface area contributed by atoms with E-state index in [0.29, 0.717) is 0 Å². The van der Waals surface area contributed by atoms with E-state index >= 15 is 0 Å². The standard InChI is InChI=1S/C8H12O5S/c1-3-5-13-14(10,11)7-4-6-12-8(2)9/h1H,4-7H2,2H3. The third-order valence-electron chi connectivity index (χ3n) is 1.17. The molecule has 14 heavy (non-hydrogen) atoms. The molecule has 0 aromatic heterocycles. The topological polar surface area (TPSA) is 69.7 Å². The maximum absolute atomic E-state index is 11.0. The van der Waals surface area contributed by atoms with Crippen molar-refractivity contribution in [2.75, 3.05) is 19.0 Å². The van der Waals surface area contributed by atoms with Gasteiger partial charge in [-0.05, 0) is 6.42 Å². The van der Waals surface area contributed by atoms with E-state index in [1.54, 1.807) is 0 Å². The van der Waals surface area contributed by atoms with Gasteiger partial charge in [-0.25, -0.2) is 0 Å². The van der Waals surface area contributed by atoms with Crippen LogP contribution in [0.5, 0.6) is 0 Å². The van der Waals surface area contributed by atoms with Crippen molar-refractivity contribution in [2.24, 2.45) is 0 Å². The highest BCUT2D eigenvalue weighted by Gasteiger charge is 2.09. The van der Waals surface area contributed by atoms with E-state index in [4.69, 9.17) is 6.42 Å². The third-order valence-corrected chi connectivity index (χ3v) is 2.43. The SMILES string of the molecule is C#CCOS(=O)(=O)CCCOC(C)=O. The summed E-state index contributed by atoms with van der Waals surface area (Å²) in [5, 5.41) is 0. The van der Waals surface area contributed by atoms with E-state index in [1.807, 2.05) is 5.92 Å². The van der Waals surface area contributed by atoms with Crippen LogP contribution in [0.25, 0.3) is 0 Å². The second kappa shape index (κ2) is 6.40. The van der Waals surface area contributed by atoms with Crippen molar-refractivity contribution in [3.63, 3.8) is 0 Å². The molecule has 0 aromatic carbocycles. The lowest BCUT2D eigenvalue weighted by atomic mass is 10.5. The maximum Gasteiger partial charge on any atom is 0.302 e. The van der Waals surface area contributed by atoms with Gasteiger partial charge < -0.3 is 4.74 Å². The van der Waals surface area contributed by atoms with Crippen molar-refractivity contribution in [3.05, 3.63) is 0 Å². The molecule has 0 N–H and O–H groups in total. The predicted octanol–water partition coefficient (Wildman–Crippen LogP) is -0.0808. The summed E-state index contributed by atoms with van der Waals surface area (Å²) in [5.41, 5.74) is 0. The minimum Gasteiger partial charge on any atom is -0.466 e. The van der Waals surface area contributed by atoms with Crippen LogP contribution in [0.2, 0.25) is 0 Å². The van der Waals surface area contributed by atoms with Crippen LogP contribution in [0, 0.1) is 12.3 Å². The molecule has 0 amide bonds. The Morgan fingerprint density at radius 1 is 1.50 bits per heavy atom. The van der Waals surface area contributed by atoms with Crippen LogP contribution in [-0.4, -0.2) is 33.4 Å². The number of ether oxygens (including phenoxy) is 1. The first-order valence-corrected chi connectivity index (χ1v) is 5.49. The van der Waals surface area contributed by atoms with Gasteiger partial charge in [-0.3, -0.25) is 8.98 Å². The van der Waals surface area contributed by atoms with Crippen LogP contribution >= 0.6 is 0 Å². The Hall–Kier alpha value is -1.06. The number of rotatable bonds is 6. The maximum atomic E-state index is 11.0. The highest BCUT2D eigenvalue weighted by molar-refractivity contribution is 7.86. The molecule has 0 radical (unpaired) electrons. The molecule has 0 unspecified atom stereocenters. The van der Waals surface area contributed by atoms with Crippen molar-refractivity contribution in [3.8, 4) is 12.3 Å². The second-order valence-electron chi connectivity index (χ2n) is 2.42. The Balaban J connectivity index is 3.67. The van der Waals surface area contributed by atoms with Gasteiger partial charge in [0.2, 0.25) is 0 Å². The molecule has 0 aromatic rings. The lowest BCUT2D eigenvalue weighted by Crippen LogP contribution is -2.13. The second-order valence-corrected chi connectivity index (χ2v) is 4.18. The average molecular weight is 220 g/mol. The molecule has 0 saturated carbocycles. The molecule has 0 rings (SSSR count). The Bertz CT molecular complexity index is 311. The first-order chi connectivity index (χ1) is 6.48. The molecule has 5 nitrogen and oxygen atoms in total. The highest BCUT2D eigenvalue weighted by atomic mass is 32.2. The summed E-state index contributed by atoms with van der Waals surface area (Å²) in [4.78, 5) is 10.3. The summed E-state index contributed by atoms with van der Waals surface area (Å²) >= 11 is 0. The van der Waals surface area contributed by atoms with Crippen molar-refractivity contribution in [1.29, 1.82) is 0 Å². The zero-order chi connectivity index (χ0) is 11.0. The monoisotopic (exact) mass is 220 g/mol. The summed E-state index contributed by atoms with van der Waals surface area (Å²) in [6.07, 6.45) is 5.02. The van der Waals surface area contributed by atoms with E-state index in [1.165, 1.54) is 6.92 Å². The van der Waals surface area contributed by atoms with Crippen molar-refractivity contribution in [2.45, 2.75) is 13.3 Å². The van der Waals surface area contributed by atoms with Crippen molar-refractivity contribution in [1.82, 2.24) is 0 Å². The zero-order valence-corrected chi connectivity index (χ0v) is 8.67. The van der Waals surface area contributed by atoms with Gasteiger partial charge in [0.05, 0.1) is 12.4 Å².